The van der Waals surface area contributed by atoms with Gasteiger partial charge in [0.1, 0.15) is 5.69 Å². The van der Waals surface area contributed by atoms with Gasteiger partial charge >= 0.3 is 0 Å². The van der Waals surface area contributed by atoms with Gasteiger partial charge in [0.25, 0.3) is 0 Å². The summed E-state index contributed by atoms with van der Waals surface area (Å²) in [4.78, 5) is 12.3. The van der Waals surface area contributed by atoms with Gasteiger partial charge in [-0.2, -0.15) is 4.98 Å². The second-order valence-corrected chi connectivity index (χ2v) is 3.50. The Balaban J connectivity index is 2.14. The highest BCUT2D eigenvalue weighted by atomic mass is 16.5. The summed E-state index contributed by atoms with van der Waals surface area (Å²) < 4.78 is 5.12. The van der Waals surface area contributed by atoms with Crippen molar-refractivity contribution in [2.75, 3.05) is 7.05 Å². The van der Waals surface area contributed by atoms with E-state index in [-0.39, 0.29) is 0 Å². The Morgan fingerprint density at radius 2 is 2.31 bits per heavy atom. The molecule has 0 aliphatic carbocycles. The molecule has 2 aromatic rings. The average Bonchev–Trinajstić information content (AvgIpc) is 2.78. The molecule has 2 rings (SSSR count). The Hall–Kier alpha value is -1.82. The minimum atomic E-state index is 0.301. The predicted molar refractivity (Wildman–Crippen MR) is 57.5 cm³/mol. The molecule has 0 bridgehead atoms. The van der Waals surface area contributed by atoms with Crippen LogP contribution in [0.25, 0.3) is 11.5 Å². The predicted octanol–water partition coefficient (Wildman–Crippen LogP) is 0.677. The van der Waals surface area contributed by atoms with Crippen LogP contribution in [0.4, 0.5) is 0 Å². The van der Waals surface area contributed by atoms with Crippen LogP contribution in [0.2, 0.25) is 0 Å². The molecule has 2 heterocycles. The Bertz CT molecular complexity index is 441. The third-order valence-electron chi connectivity index (χ3n) is 2.23. The van der Waals surface area contributed by atoms with Crippen molar-refractivity contribution in [3.05, 3.63) is 24.5 Å². The number of nitrogens with one attached hydrogen (secondary N) is 1. The number of hydrogen-bond acceptors (Lipinski definition) is 6. The van der Waals surface area contributed by atoms with E-state index in [1.165, 1.54) is 0 Å². The number of likely N-dealkylation sites (N-methyl/N-ethyl adjacent to an activating group) is 1. The minimum Gasteiger partial charge on any atom is -0.339 e. The van der Waals surface area contributed by atoms with Crippen LogP contribution in [0.5, 0.6) is 0 Å². The van der Waals surface area contributed by atoms with Gasteiger partial charge in [0.15, 0.2) is 0 Å². The number of rotatable bonds is 4. The molecule has 2 aromatic heterocycles. The molecule has 0 aliphatic heterocycles. The number of hydrogen-bond donors (Lipinski definition) is 1. The molecule has 6 heteroatoms. The number of aromatic nitrogens is 4. The standard InChI is InChI=1S/C10H13N5O/c1-7(11-2)5-9-14-10(15-16-9)8-6-12-3-4-13-8/h3-4,6-7,11H,5H2,1-2H3. The zero-order chi connectivity index (χ0) is 11.4. The fraction of sp³-hybridized carbons (Fsp3) is 0.400. The minimum absolute atomic E-state index is 0.301. The highest BCUT2D eigenvalue weighted by molar-refractivity contribution is 5.45. The highest BCUT2D eigenvalue weighted by Gasteiger charge is 2.11. The summed E-state index contributed by atoms with van der Waals surface area (Å²) in [5.41, 5.74) is 0.620. The molecule has 0 aliphatic rings. The van der Waals surface area contributed by atoms with Crippen LogP contribution < -0.4 is 5.32 Å². The average molecular weight is 219 g/mol. The SMILES string of the molecule is CNC(C)Cc1nc(-c2cnccn2)no1. The summed E-state index contributed by atoms with van der Waals surface area (Å²) in [7, 11) is 1.89. The topological polar surface area (TPSA) is 76.7 Å². The van der Waals surface area contributed by atoms with Crippen LogP contribution in [0.1, 0.15) is 12.8 Å². The first kappa shape index (κ1) is 10.7. The molecule has 0 amide bonds. The van der Waals surface area contributed by atoms with Crippen LogP contribution in [0, 0.1) is 0 Å². The van der Waals surface area contributed by atoms with Gasteiger partial charge in [-0.3, -0.25) is 4.98 Å². The molecule has 0 fully saturated rings. The summed E-state index contributed by atoms with van der Waals surface area (Å²) in [5, 5.41) is 6.96. The van der Waals surface area contributed by atoms with Gasteiger partial charge in [-0.15, -0.1) is 0 Å². The van der Waals surface area contributed by atoms with Gasteiger partial charge < -0.3 is 9.84 Å². The summed E-state index contributed by atoms with van der Waals surface area (Å²) >= 11 is 0. The number of nitrogens with zero attached hydrogens (tertiary/aromatic N) is 4. The maximum absolute atomic E-state index is 5.12. The Morgan fingerprint density at radius 3 is 3.00 bits per heavy atom. The molecule has 0 aromatic carbocycles. The zero-order valence-corrected chi connectivity index (χ0v) is 9.21. The molecule has 1 unspecified atom stereocenters. The van der Waals surface area contributed by atoms with Crippen molar-refractivity contribution in [1.29, 1.82) is 0 Å². The second-order valence-electron chi connectivity index (χ2n) is 3.50. The monoisotopic (exact) mass is 219 g/mol. The molecular weight excluding hydrogens is 206 g/mol. The third-order valence-corrected chi connectivity index (χ3v) is 2.23. The quantitative estimate of drug-likeness (QED) is 0.814. The fourth-order valence-corrected chi connectivity index (χ4v) is 1.22. The first-order valence-corrected chi connectivity index (χ1v) is 5.06. The van der Waals surface area contributed by atoms with Crippen molar-refractivity contribution in [2.24, 2.45) is 0 Å². The largest absolute Gasteiger partial charge is 0.339 e. The van der Waals surface area contributed by atoms with Gasteiger partial charge in [-0.1, -0.05) is 5.16 Å². The first-order valence-electron chi connectivity index (χ1n) is 5.06. The van der Waals surface area contributed by atoms with E-state index >= 15 is 0 Å². The summed E-state index contributed by atoms with van der Waals surface area (Å²) in [5.74, 6) is 1.08. The van der Waals surface area contributed by atoms with E-state index in [1.807, 2.05) is 14.0 Å². The van der Waals surface area contributed by atoms with Crippen molar-refractivity contribution >= 4 is 0 Å². The lowest BCUT2D eigenvalue weighted by atomic mass is 10.2. The lowest BCUT2D eigenvalue weighted by Gasteiger charge is -2.04. The van der Waals surface area contributed by atoms with Crippen molar-refractivity contribution in [1.82, 2.24) is 25.4 Å². The Morgan fingerprint density at radius 1 is 1.44 bits per heavy atom. The van der Waals surface area contributed by atoms with Crippen molar-refractivity contribution < 1.29 is 4.52 Å². The summed E-state index contributed by atoms with van der Waals surface area (Å²) in [6.07, 6.45) is 5.51. The molecular formula is C10H13N5O. The smallest absolute Gasteiger partial charge is 0.228 e. The van der Waals surface area contributed by atoms with E-state index in [4.69, 9.17) is 4.52 Å². The second kappa shape index (κ2) is 4.80. The molecule has 0 saturated heterocycles. The zero-order valence-electron chi connectivity index (χ0n) is 9.21. The van der Waals surface area contributed by atoms with Crippen LogP contribution in [-0.2, 0) is 6.42 Å². The molecule has 0 spiro atoms. The summed E-state index contributed by atoms with van der Waals surface area (Å²) in [6, 6.07) is 0.301. The van der Waals surface area contributed by atoms with Crippen molar-refractivity contribution in [3.8, 4) is 11.5 Å². The van der Waals surface area contributed by atoms with E-state index < -0.39 is 0 Å². The molecule has 0 radical (unpaired) electrons. The summed E-state index contributed by atoms with van der Waals surface area (Å²) in [6.45, 7) is 2.05. The van der Waals surface area contributed by atoms with E-state index in [1.54, 1.807) is 18.6 Å². The van der Waals surface area contributed by atoms with Crippen molar-refractivity contribution in [2.45, 2.75) is 19.4 Å². The van der Waals surface area contributed by atoms with E-state index in [0.29, 0.717) is 29.9 Å². The molecule has 1 atom stereocenters. The molecule has 84 valence electrons. The third kappa shape index (κ3) is 2.40. The van der Waals surface area contributed by atoms with E-state index in [9.17, 15) is 0 Å². The van der Waals surface area contributed by atoms with Gasteiger partial charge in [0.2, 0.25) is 11.7 Å². The maximum Gasteiger partial charge on any atom is 0.228 e. The lowest BCUT2D eigenvalue weighted by molar-refractivity contribution is 0.365. The first-order chi connectivity index (χ1) is 7.79. The van der Waals surface area contributed by atoms with Gasteiger partial charge in [0, 0.05) is 24.9 Å². The lowest BCUT2D eigenvalue weighted by Crippen LogP contribution is -2.23. The van der Waals surface area contributed by atoms with Crippen LogP contribution in [0.3, 0.4) is 0 Å². The fourth-order valence-electron chi connectivity index (χ4n) is 1.22. The van der Waals surface area contributed by atoms with Crippen molar-refractivity contribution in [3.63, 3.8) is 0 Å². The molecule has 0 saturated carbocycles. The van der Waals surface area contributed by atoms with E-state index in [0.717, 1.165) is 0 Å². The maximum atomic E-state index is 5.12. The normalized spacial score (nSPS) is 12.6. The molecule has 1 N–H and O–H groups in total. The van der Waals surface area contributed by atoms with E-state index in [2.05, 4.69) is 25.4 Å². The van der Waals surface area contributed by atoms with Gasteiger partial charge in [-0.25, -0.2) is 4.98 Å². The molecule has 16 heavy (non-hydrogen) atoms. The Labute approximate surface area is 93.1 Å². The van der Waals surface area contributed by atoms with Crippen LogP contribution in [-0.4, -0.2) is 33.2 Å². The van der Waals surface area contributed by atoms with Crippen LogP contribution in [0.15, 0.2) is 23.1 Å². The van der Waals surface area contributed by atoms with Gasteiger partial charge in [-0.05, 0) is 14.0 Å². The van der Waals surface area contributed by atoms with Gasteiger partial charge in [0.05, 0.1) is 6.20 Å². The highest BCUT2D eigenvalue weighted by Crippen LogP contribution is 2.11. The molecule has 6 nitrogen and oxygen atoms in total. The Kier molecular flexibility index (Phi) is 3.21. The van der Waals surface area contributed by atoms with Crippen LogP contribution >= 0.6 is 0 Å².